The summed E-state index contributed by atoms with van der Waals surface area (Å²) in [5.74, 6) is 4.99. The molecule has 3 heterocycles. The molecule has 2 saturated carbocycles. The molecule has 0 aromatic carbocycles. The Morgan fingerprint density at radius 2 is 1.96 bits per heavy atom. The van der Waals surface area contributed by atoms with E-state index in [1.54, 1.807) is 0 Å². The van der Waals surface area contributed by atoms with Gasteiger partial charge in [0.15, 0.2) is 5.82 Å². The average Bonchev–Trinajstić information content (AvgIpc) is 3.37. The number of carbonyl (C=O) groups excluding carboxylic acids is 1. The molecular formula is C20H30N4O. The van der Waals surface area contributed by atoms with Gasteiger partial charge in [-0.3, -0.25) is 4.79 Å². The Bertz CT molecular complexity index is 654. The van der Waals surface area contributed by atoms with Crippen molar-refractivity contribution in [3.63, 3.8) is 0 Å². The Morgan fingerprint density at radius 3 is 2.80 bits per heavy atom. The standard InChI is InChI=1S/C20H30N4O/c25-19(13-16-12-14-7-8-15(16)11-14)23-10-4-5-17(23)20-22-21-18-6-2-1-3-9-24(18)20/h14-17H,1-13H2. The Hall–Kier alpha value is -1.39. The quantitative estimate of drug-likeness (QED) is 0.845. The van der Waals surface area contributed by atoms with Crippen molar-refractivity contribution in [2.24, 2.45) is 17.8 Å². The molecule has 0 radical (unpaired) electrons. The normalized spacial score (nSPS) is 34.3. The molecule has 4 aliphatic rings. The fraction of sp³-hybridized carbons (Fsp3) is 0.850. The van der Waals surface area contributed by atoms with Gasteiger partial charge in [0.05, 0.1) is 6.04 Å². The van der Waals surface area contributed by atoms with Gasteiger partial charge in [-0.25, -0.2) is 0 Å². The number of amides is 1. The lowest BCUT2D eigenvalue weighted by Gasteiger charge is -2.28. The second-order valence-electron chi connectivity index (χ2n) is 8.82. The lowest BCUT2D eigenvalue weighted by molar-refractivity contribution is -0.133. The molecule has 4 atom stereocenters. The first-order valence-corrected chi connectivity index (χ1v) is 10.5. The monoisotopic (exact) mass is 342 g/mol. The van der Waals surface area contributed by atoms with Crippen molar-refractivity contribution in [3.8, 4) is 0 Å². The zero-order valence-corrected chi connectivity index (χ0v) is 15.2. The summed E-state index contributed by atoms with van der Waals surface area (Å²) >= 11 is 0. The maximum Gasteiger partial charge on any atom is 0.223 e. The number of aryl methyl sites for hydroxylation is 1. The summed E-state index contributed by atoms with van der Waals surface area (Å²) in [6, 6.07) is 0.172. The van der Waals surface area contributed by atoms with E-state index in [1.807, 2.05) is 0 Å². The molecule has 1 aromatic heterocycles. The molecule has 0 spiro atoms. The minimum Gasteiger partial charge on any atom is -0.332 e. The van der Waals surface area contributed by atoms with E-state index < -0.39 is 0 Å². The molecule has 1 amide bonds. The largest absolute Gasteiger partial charge is 0.332 e. The minimum absolute atomic E-state index is 0.172. The van der Waals surface area contributed by atoms with Crippen LogP contribution in [0.5, 0.6) is 0 Å². The lowest BCUT2D eigenvalue weighted by Crippen LogP contribution is -2.34. The van der Waals surface area contributed by atoms with Gasteiger partial charge in [0.25, 0.3) is 0 Å². The van der Waals surface area contributed by atoms with Crippen molar-refractivity contribution in [1.29, 1.82) is 0 Å². The molecule has 0 N–H and O–H groups in total. The van der Waals surface area contributed by atoms with Crippen LogP contribution in [-0.4, -0.2) is 32.1 Å². The van der Waals surface area contributed by atoms with Gasteiger partial charge in [0, 0.05) is 25.9 Å². The number of fused-ring (bicyclic) bond motifs is 3. The zero-order chi connectivity index (χ0) is 16.8. The number of carbonyl (C=O) groups is 1. The predicted octanol–water partition coefficient (Wildman–Crippen LogP) is 3.49. The van der Waals surface area contributed by atoms with Crippen LogP contribution in [-0.2, 0) is 17.8 Å². The zero-order valence-electron chi connectivity index (χ0n) is 15.2. The van der Waals surface area contributed by atoms with E-state index in [1.165, 1.54) is 44.9 Å². The smallest absolute Gasteiger partial charge is 0.223 e. The summed E-state index contributed by atoms with van der Waals surface area (Å²) in [7, 11) is 0. The number of aromatic nitrogens is 3. The van der Waals surface area contributed by atoms with Gasteiger partial charge < -0.3 is 9.47 Å². The van der Waals surface area contributed by atoms with Crippen molar-refractivity contribution < 1.29 is 4.79 Å². The summed E-state index contributed by atoms with van der Waals surface area (Å²) in [4.78, 5) is 15.2. The van der Waals surface area contributed by atoms with Crippen LogP contribution in [0, 0.1) is 17.8 Å². The van der Waals surface area contributed by atoms with E-state index in [-0.39, 0.29) is 6.04 Å². The van der Waals surface area contributed by atoms with Crippen molar-refractivity contribution in [3.05, 3.63) is 11.6 Å². The molecule has 3 fully saturated rings. The van der Waals surface area contributed by atoms with Crippen LogP contribution in [0.15, 0.2) is 0 Å². The Morgan fingerprint density at radius 1 is 1.00 bits per heavy atom. The third-order valence-electron chi connectivity index (χ3n) is 7.33. The van der Waals surface area contributed by atoms with Gasteiger partial charge >= 0.3 is 0 Å². The first-order valence-electron chi connectivity index (χ1n) is 10.5. The molecule has 136 valence electrons. The molecular weight excluding hydrogens is 312 g/mol. The Kier molecular flexibility index (Phi) is 4.05. The molecule has 5 nitrogen and oxygen atoms in total. The summed E-state index contributed by atoms with van der Waals surface area (Å²) in [5.41, 5.74) is 0. The number of nitrogens with zero attached hydrogens (tertiary/aromatic N) is 4. The molecule has 5 rings (SSSR count). The molecule has 4 unspecified atom stereocenters. The van der Waals surface area contributed by atoms with E-state index in [0.717, 1.165) is 62.3 Å². The van der Waals surface area contributed by atoms with E-state index in [4.69, 9.17) is 0 Å². The fourth-order valence-electron chi connectivity index (χ4n) is 6.06. The van der Waals surface area contributed by atoms with Crippen molar-refractivity contribution in [2.45, 2.75) is 83.2 Å². The van der Waals surface area contributed by atoms with E-state index in [2.05, 4.69) is 19.7 Å². The van der Waals surface area contributed by atoms with Gasteiger partial charge in [-0.15, -0.1) is 10.2 Å². The van der Waals surface area contributed by atoms with Crippen LogP contribution in [0.2, 0.25) is 0 Å². The molecule has 25 heavy (non-hydrogen) atoms. The fourth-order valence-corrected chi connectivity index (χ4v) is 6.06. The topological polar surface area (TPSA) is 51.0 Å². The van der Waals surface area contributed by atoms with Crippen LogP contribution in [0.25, 0.3) is 0 Å². The van der Waals surface area contributed by atoms with Gasteiger partial charge in [0.1, 0.15) is 5.82 Å². The number of hydrogen-bond acceptors (Lipinski definition) is 3. The van der Waals surface area contributed by atoms with Crippen LogP contribution < -0.4 is 0 Å². The highest BCUT2D eigenvalue weighted by Crippen LogP contribution is 2.50. The highest BCUT2D eigenvalue weighted by atomic mass is 16.2. The van der Waals surface area contributed by atoms with Crippen molar-refractivity contribution in [2.75, 3.05) is 6.54 Å². The number of hydrogen-bond donors (Lipinski definition) is 0. The lowest BCUT2D eigenvalue weighted by atomic mass is 9.86. The van der Waals surface area contributed by atoms with Gasteiger partial charge in [0.2, 0.25) is 5.91 Å². The summed E-state index contributed by atoms with van der Waals surface area (Å²) < 4.78 is 2.33. The first kappa shape index (κ1) is 15.8. The molecule has 1 saturated heterocycles. The van der Waals surface area contributed by atoms with Crippen LogP contribution in [0.1, 0.15) is 81.9 Å². The van der Waals surface area contributed by atoms with Crippen LogP contribution >= 0.6 is 0 Å². The van der Waals surface area contributed by atoms with Gasteiger partial charge in [-0.1, -0.05) is 12.8 Å². The van der Waals surface area contributed by atoms with Crippen molar-refractivity contribution >= 4 is 5.91 Å². The number of rotatable bonds is 3. The maximum absolute atomic E-state index is 13.1. The molecule has 2 aliphatic carbocycles. The molecule has 2 bridgehead atoms. The highest BCUT2D eigenvalue weighted by Gasteiger charge is 2.42. The predicted molar refractivity (Wildman–Crippen MR) is 94.8 cm³/mol. The Balaban J connectivity index is 1.32. The van der Waals surface area contributed by atoms with E-state index in [9.17, 15) is 4.79 Å². The summed E-state index contributed by atoms with van der Waals surface area (Å²) in [5, 5.41) is 9.01. The van der Waals surface area contributed by atoms with Gasteiger partial charge in [-0.05, 0) is 62.7 Å². The van der Waals surface area contributed by atoms with Crippen LogP contribution in [0.4, 0.5) is 0 Å². The van der Waals surface area contributed by atoms with Gasteiger partial charge in [-0.2, -0.15) is 0 Å². The second-order valence-corrected chi connectivity index (χ2v) is 8.82. The summed E-state index contributed by atoms with van der Waals surface area (Å²) in [6.07, 6.45) is 13.2. The van der Waals surface area contributed by atoms with Crippen molar-refractivity contribution in [1.82, 2.24) is 19.7 Å². The molecule has 1 aromatic rings. The summed E-state index contributed by atoms with van der Waals surface area (Å²) in [6.45, 7) is 1.94. The number of likely N-dealkylation sites (tertiary alicyclic amines) is 1. The van der Waals surface area contributed by atoms with Crippen LogP contribution in [0.3, 0.4) is 0 Å². The third kappa shape index (κ3) is 2.80. The van der Waals surface area contributed by atoms with E-state index in [0.29, 0.717) is 11.8 Å². The average molecular weight is 342 g/mol. The Labute approximate surface area is 150 Å². The SMILES string of the molecule is O=C(CC1CC2CCC1C2)N1CCCC1c1nnc2n1CCCCC2. The molecule has 5 heteroatoms. The first-order chi connectivity index (χ1) is 12.3. The highest BCUT2D eigenvalue weighted by molar-refractivity contribution is 5.77. The second kappa shape index (κ2) is 6.40. The van der Waals surface area contributed by atoms with E-state index >= 15 is 0 Å². The maximum atomic E-state index is 13.1. The molecule has 2 aliphatic heterocycles. The third-order valence-corrected chi connectivity index (χ3v) is 7.33. The minimum atomic E-state index is 0.172.